The van der Waals surface area contributed by atoms with Crippen LogP contribution in [0.5, 0.6) is 0 Å². The van der Waals surface area contributed by atoms with Gasteiger partial charge in [0.1, 0.15) is 0 Å². The molecule has 0 aliphatic carbocycles. The van der Waals surface area contributed by atoms with Crippen molar-refractivity contribution in [2.75, 3.05) is 6.61 Å². The Hall–Kier alpha value is 1.66. The maximum Gasteiger partial charge on any atom is 0.191 e. The van der Waals surface area contributed by atoms with Crippen LogP contribution in [0.25, 0.3) is 0 Å². The highest BCUT2D eigenvalue weighted by Crippen LogP contribution is 2.45. The smallest absolute Gasteiger partial charge is 0.191 e. The Morgan fingerprint density at radius 2 is 1.92 bits per heavy atom. The van der Waals surface area contributed by atoms with Crippen molar-refractivity contribution in [3.63, 3.8) is 0 Å². The average Bonchev–Trinajstić information content (AvgIpc) is 2.77. The van der Waals surface area contributed by atoms with Crippen LogP contribution in [0, 0.1) is 10.7 Å². The van der Waals surface area contributed by atoms with Crippen molar-refractivity contribution in [2.24, 2.45) is 0 Å². The van der Waals surface area contributed by atoms with E-state index in [-0.39, 0.29) is 0 Å². The molecule has 0 N–H and O–H groups in total. The first-order valence-electron chi connectivity index (χ1n) is 3.51. The maximum absolute atomic E-state index is 6.19. The first kappa shape index (κ1) is 11.2. The van der Waals surface area contributed by atoms with Gasteiger partial charge in [-0.25, -0.2) is 0 Å². The molecule has 70 valence electrons. The van der Waals surface area contributed by atoms with Crippen LogP contribution >= 0.6 is 79.4 Å². The normalized spacial score (nSPS) is 26.2. The van der Waals surface area contributed by atoms with E-state index in [0.29, 0.717) is 6.61 Å². The Morgan fingerprint density at radius 3 is 2.46 bits per heavy atom. The van der Waals surface area contributed by atoms with E-state index in [1.165, 1.54) is 10.7 Å². The highest BCUT2D eigenvalue weighted by Gasteiger charge is 2.46. The van der Waals surface area contributed by atoms with Crippen LogP contribution in [0.2, 0.25) is 0 Å². The van der Waals surface area contributed by atoms with E-state index in [0.717, 1.165) is 5.56 Å². The molecule has 0 bridgehead atoms. The minimum absolute atomic E-state index is 0.530. The quantitative estimate of drug-likeness (QED) is 0.231. The van der Waals surface area contributed by atoms with E-state index < -0.39 is 5.06 Å². The summed E-state index contributed by atoms with van der Waals surface area (Å²) in [5.41, 5.74) is 1.10. The summed E-state index contributed by atoms with van der Waals surface area (Å²) in [6, 6.07) is 4.22. The molecule has 0 aromatic heterocycles. The summed E-state index contributed by atoms with van der Waals surface area (Å²) in [5, 5.41) is -0.530. The van der Waals surface area contributed by atoms with Crippen LogP contribution in [0.15, 0.2) is 12.1 Å². The van der Waals surface area contributed by atoms with Gasteiger partial charge in [0.15, 0.2) is 5.06 Å². The number of hydrogen-bond donors (Lipinski definition) is 0. The molecular weight excluding hydrogens is 528 g/mol. The third kappa shape index (κ3) is 2.26. The number of halogens is 4. The van der Waals surface area contributed by atoms with Gasteiger partial charge in [-0.3, -0.25) is 0 Å². The molecule has 2 rings (SSSR count). The van der Waals surface area contributed by atoms with Crippen molar-refractivity contribution in [3.05, 3.63) is 28.4 Å². The highest BCUT2D eigenvalue weighted by molar-refractivity contribution is 14.1. The molecule has 1 aliphatic heterocycles. The molecule has 5 heteroatoms. The van der Waals surface area contributed by atoms with E-state index in [4.69, 9.17) is 16.3 Å². The van der Waals surface area contributed by atoms with Crippen molar-refractivity contribution >= 4 is 79.4 Å². The number of alkyl halides is 1. The largest absolute Gasteiger partial charge is 0.348 e. The minimum atomic E-state index is -0.530. The van der Waals surface area contributed by atoms with Gasteiger partial charge >= 0.3 is 0 Å². The molecule has 1 fully saturated rings. The zero-order valence-corrected chi connectivity index (χ0v) is 13.5. The van der Waals surface area contributed by atoms with Gasteiger partial charge in [0.05, 0.1) is 6.61 Å². The van der Waals surface area contributed by atoms with Crippen molar-refractivity contribution in [3.8, 4) is 0 Å². The Morgan fingerprint density at radius 1 is 1.31 bits per heavy atom. The molecule has 0 spiro atoms. The number of benzene rings is 1. The first-order chi connectivity index (χ1) is 6.03. The van der Waals surface area contributed by atoms with Crippen molar-refractivity contribution in [1.29, 1.82) is 0 Å². The minimum Gasteiger partial charge on any atom is -0.348 e. The lowest BCUT2D eigenvalue weighted by molar-refractivity contribution is 0.385. The summed E-state index contributed by atoms with van der Waals surface area (Å²) >= 11 is 13.1. The molecule has 1 saturated heterocycles. The van der Waals surface area contributed by atoms with E-state index in [2.05, 4.69) is 79.9 Å². The topological polar surface area (TPSA) is 12.5 Å². The summed E-state index contributed by atoms with van der Waals surface area (Å²) in [6.07, 6.45) is 0. The zero-order chi connectivity index (χ0) is 9.64. The van der Waals surface area contributed by atoms with Gasteiger partial charge < -0.3 is 4.74 Å². The van der Waals surface area contributed by atoms with Crippen LogP contribution in [0.1, 0.15) is 5.56 Å². The monoisotopic (exact) mass is 532 g/mol. The SMILES string of the molecule is ClC1(c2cc(I)cc(I)c2I)CO1. The van der Waals surface area contributed by atoms with Crippen molar-refractivity contribution in [2.45, 2.75) is 5.06 Å². The second kappa shape index (κ2) is 3.91. The van der Waals surface area contributed by atoms with Gasteiger partial charge in [-0.2, -0.15) is 0 Å². The van der Waals surface area contributed by atoms with Crippen LogP contribution in [-0.4, -0.2) is 6.61 Å². The van der Waals surface area contributed by atoms with Crippen molar-refractivity contribution in [1.82, 2.24) is 0 Å². The molecule has 1 aromatic rings. The Kier molecular flexibility index (Phi) is 3.36. The van der Waals surface area contributed by atoms with Gasteiger partial charge in [-0.15, -0.1) is 0 Å². The van der Waals surface area contributed by atoms with E-state index in [1.807, 2.05) is 0 Å². The van der Waals surface area contributed by atoms with Gasteiger partial charge in [-0.1, -0.05) is 11.6 Å². The standard InChI is InChI=1S/C8H4ClI3O/c9-8(3-13-8)5-1-4(10)2-6(11)7(5)12/h1-2H,3H2. The van der Waals surface area contributed by atoms with Crippen LogP contribution < -0.4 is 0 Å². The number of epoxide rings is 1. The second-order valence-electron chi connectivity index (χ2n) is 2.77. The van der Waals surface area contributed by atoms with E-state index >= 15 is 0 Å². The summed E-state index contributed by atoms with van der Waals surface area (Å²) < 4.78 is 8.86. The Labute approximate surface area is 122 Å². The molecule has 13 heavy (non-hydrogen) atoms. The maximum atomic E-state index is 6.19. The highest BCUT2D eigenvalue weighted by atomic mass is 127. The lowest BCUT2D eigenvalue weighted by Gasteiger charge is -2.09. The predicted octanol–water partition coefficient (Wildman–Crippen LogP) is 3.92. The van der Waals surface area contributed by atoms with Crippen LogP contribution in [0.3, 0.4) is 0 Å². The van der Waals surface area contributed by atoms with Crippen LogP contribution in [0.4, 0.5) is 0 Å². The van der Waals surface area contributed by atoms with Gasteiger partial charge in [0.2, 0.25) is 0 Å². The van der Waals surface area contributed by atoms with Crippen LogP contribution in [-0.2, 0) is 9.80 Å². The zero-order valence-electron chi connectivity index (χ0n) is 6.28. The van der Waals surface area contributed by atoms with Gasteiger partial charge in [0, 0.05) is 16.3 Å². The number of hydrogen-bond acceptors (Lipinski definition) is 1. The third-order valence-electron chi connectivity index (χ3n) is 1.79. The molecule has 1 atom stereocenters. The summed E-state index contributed by atoms with van der Waals surface area (Å²) in [7, 11) is 0. The number of ether oxygens (including phenoxy) is 1. The van der Waals surface area contributed by atoms with Crippen molar-refractivity contribution < 1.29 is 4.74 Å². The number of rotatable bonds is 1. The fourth-order valence-electron chi connectivity index (χ4n) is 1.05. The third-order valence-corrected chi connectivity index (χ3v) is 5.88. The summed E-state index contributed by atoms with van der Waals surface area (Å²) in [6.45, 7) is 0.626. The molecular formula is C8H4ClI3O. The molecule has 1 unspecified atom stereocenters. The fourth-order valence-corrected chi connectivity index (χ4v) is 4.00. The average molecular weight is 532 g/mol. The molecule has 1 nitrogen and oxygen atoms in total. The molecule has 1 heterocycles. The first-order valence-corrected chi connectivity index (χ1v) is 7.12. The summed E-state index contributed by atoms with van der Waals surface area (Å²) in [4.78, 5) is 0. The van der Waals surface area contributed by atoms with Gasteiger partial charge in [0.25, 0.3) is 0 Å². The molecule has 1 aromatic carbocycles. The Balaban J connectivity index is 2.56. The molecule has 0 amide bonds. The van der Waals surface area contributed by atoms with E-state index in [9.17, 15) is 0 Å². The molecule has 0 radical (unpaired) electrons. The second-order valence-corrected chi connectivity index (χ2v) is 6.86. The van der Waals surface area contributed by atoms with E-state index in [1.54, 1.807) is 0 Å². The molecule has 1 aliphatic rings. The Bertz CT molecular complexity index is 363. The fraction of sp³-hybridized carbons (Fsp3) is 0.250. The summed E-state index contributed by atoms with van der Waals surface area (Å²) in [5.74, 6) is 0. The lowest BCUT2D eigenvalue weighted by Crippen LogP contribution is -2.03. The predicted molar refractivity (Wildman–Crippen MR) is 78.1 cm³/mol. The lowest BCUT2D eigenvalue weighted by atomic mass is 10.2. The van der Waals surface area contributed by atoms with Gasteiger partial charge in [-0.05, 0) is 79.9 Å². The molecule has 0 saturated carbocycles.